The summed E-state index contributed by atoms with van der Waals surface area (Å²) in [5.41, 5.74) is 7.01. The molecule has 1 unspecified atom stereocenters. The molecule has 0 saturated heterocycles. The van der Waals surface area contributed by atoms with Gasteiger partial charge in [-0.25, -0.2) is 0 Å². The molecule has 2 N–H and O–H groups in total. The van der Waals surface area contributed by atoms with E-state index in [1.54, 1.807) is 0 Å². The molecule has 0 amide bonds. The van der Waals surface area contributed by atoms with Gasteiger partial charge in [0.15, 0.2) is 0 Å². The Bertz CT molecular complexity index is 330. The first-order chi connectivity index (χ1) is 7.00. The molecule has 4 heteroatoms. The fourth-order valence-corrected chi connectivity index (χ4v) is 2.16. The van der Waals surface area contributed by atoms with Crippen molar-refractivity contribution in [3.05, 3.63) is 33.3 Å². The zero-order valence-electron chi connectivity index (χ0n) is 8.84. The lowest BCUT2D eigenvalue weighted by Crippen LogP contribution is -2.20. The van der Waals surface area contributed by atoms with Crippen LogP contribution in [0.2, 0.25) is 5.02 Å². The Morgan fingerprint density at radius 2 is 2.13 bits per heavy atom. The van der Waals surface area contributed by atoms with Crippen molar-refractivity contribution in [2.24, 2.45) is 5.73 Å². The van der Waals surface area contributed by atoms with Gasteiger partial charge in [-0.2, -0.15) is 0 Å². The maximum absolute atomic E-state index is 6.00. The smallest absolute Gasteiger partial charge is 0.0663 e. The van der Waals surface area contributed by atoms with E-state index in [2.05, 4.69) is 15.9 Å². The van der Waals surface area contributed by atoms with E-state index in [9.17, 15) is 0 Å². The summed E-state index contributed by atoms with van der Waals surface area (Å²) in [6.07, 6.45) is 0.196. The van der Waals surface area contributed by atoms with Crippen molar-refractivity contribution in [2.75, 3.05) is 6.61 Å². The zero-order chi connectivity index (χ0) is 11.4. The minimum Gasteiger partial charge on any atom is -0.377 e. The van der Waals surface area contributed by atoms with E-state index >= 15 is 0 Å². The van der Waals surface area contributed by atoms with E-state index in [0.29, 0.717) is 11.6 Å². The van der Waals surface area contributed by atoms with Crippen LogP contribution in [0.1, 0.15) is 25.5 Å². The van der Waals surface area contributed by atoms with Gasteiger partial charge in [0.25, 0.3) is 0 Å². The van der Waals surface area contributed by atoms with Gasteiger partial charge in [0.05, 0.1) is 18.8 Å². The standard InChI is InChI=1S/C11H15BrClNO/c1-7(2)15-6-11(14)9-4-3-8(13)5-10(9)12/h3-5,7,11H,6,14H2,1-2H3. The minimum atomic E-state index is -0.126. The van der Waals surface area contributed by atoms with Crippen LogP contribution in [0.15, 0.2) is 22.7 Å². The summed E-state index contributed by atoms with van der Waals surface area (Å²) in [6.45, 7) is 4.49. The second kappa shape index (κ2) is 5.85. The van der Waals surface area contributed by atoms with Gasteiger partial charge in [-0.15, -0.1) is 0 Å². The number of hydrogen-bond acceptors (Lipinski definition) is 2. The van der Waals surface area contributed by atoms with Crippen LogP contribution in [0.25, 0.3) is 0 Å². The molecule has 0 radical (unpaired) electrons. The summed E-state index contributed by atoms with van der Waals surface area (Å²) >= 11 is 9.28. The number of nitrogens with two attached hydrogens (primary N) is 1. The highest BCUT2D eigenvalue weighted by Crippen LogP contribution is 2.25. The molecule has 84 valence electrons. The van der Waals surface area contributed by atoms with Gasteiger partial charge in [-0.3, -0.25) is 0 Å². The van der Waals surface area contributed by atoms with Crippen molar-refractivity contribution in [3.8, 4) is 0 Å². The topological polar surface area (TPSA) is 35.2 Å². The third-order valence-electron chi connectivity index (χ3n) is 1.97. The Labute approximate surface area is 104 Å². The molecule has 0 aromatic heterocycles. The van der Waals surface area contributed by atoms with E-state index in [-0.39, 0.29) is 12.1 Å². The largest absolute Gasteiger partial charge is 0.377 e. The molecule has 1 aromatic rings. The van der Waals surface area contributed by atoms with Gasteiger partial charge in [0, 0.05) is 9.50 Å². The summed E-state index contributed by atoms with van der Waals surface area (Å²) < 4.78 is 6.39. The van der Waals surface area contributed by atoms with Gasteiger partial charge in [0.1, 0.15) is 0 Å². The second-order valence-corrected chi connectivity index (χ2v) is 4.95. The molecule has 0 spiro atoms. The third-order valence-corrected chi connectivity index (χ3v) is 2.89. The van der Waals surface area contributed by atoms with Crippen LogP contribution in [0, 0.1) is 0 Å². The molecule has 0 aliphatic rings. The SMILES string of the molecule is CC(C)OCC(N)c1ccc(Cl)cc1Br. The number of rotatable bonds is 4. The molecular formula is C11H15BrClNO. The Kier molecular flexibility index (Phi) is 5.06. The van der Waals surface area contributed by atoms with Crippen LogP contribution >= 0.6 is 27.5 Å². The number of benzene rings is 1. The predicted molar refractivity (Wildman–Crippen MR) is 67.2 cm³/mol. The average Bonchev–Trinajstić information content (AvgIpc) is 2.14. The lowest BCUT2D eigenvalue weighted by atomic mass is 10.1. The number of ether oxygens (including phenoxy) is 1. The minimum absolute atomic E-state index is 0.126. The van der Waals surface area contributed by atoms with Crippen molar-refractivity contribution in [1.29, 1.82) is 0 Å². The Balaban J connectivity index is 2.69. The summed E-state index contributed by atoms with van der Waals surface area (Å²) in [7, 11) is 0. The summed E-state index contributed by atoms with van der Waals surface area (Å²) in [5, 5.41) is 0.697. The number of halogens is 2. The van der Waals surface area contributed by atoms with E-state index in [1.165, 1.54) is 0 Å². The monoisotopic (exact) mass is 291 g/mol. The second-order valence-electron chi connectivity index (χ2n) is 3.65. The summed E-state index contributed by atoms with van der Waals surface area (Å²) in [5.74, 6) is 0. The number of hydrogen-bond donors (Lipinski definition) is 1. The molecule has 0 aliphatic heterocycles. The quantitative estimate of drug-likeness (QED) is 0.921. The molecule has 1 rings (SSSR count). The Morgan fingerprint density at radius 3 is 2.67 bits per heavy atom. The van der Waals surface area contributed by atoms with Crippen molar-refractivity contribution < 1.29 is 4.74 Å². The highest BCUT2D eigenvalue weighted by molar-refractivity contribution is 9.10. The van der Waals surface area contributed by atoms with Crippen LogP contribution in [0.5, 0.6) is 0 Å². The Hall–Kier alpha value is -0.0900. The molecule has 2 nitrogen and oxygen atoms in total. The molecule has 15 heavy (non-hydrogen) atoms. The maximum Gasteiger partial charge on any atom is 0.0663 e. The van der Waals surface area contributed by atoms with Crippen LogP contribution in [-0.4, -0.2) is 12.7 Å². The first-order valence-electron chi connectivity index (χ1n) is 4.83. The molecule has 0 aliphatic carbocycles. The Morgan fingerprint density at radius 1 is 1.47 bits per heavy atom. The normalized spacial score (nSPS) is 13.2. The van der Waals surface area contributed by atoms with Gasteiger partial charge in [-0.05, 0) is 31.5 Å². The highest BCUT2D eigenvalue weighted by atomic mass is 79.9. The molecule has 1 aromatic carbocycles. The van der Waals surface area contributed by atoms with Gasteiger partial charge in [0.2, 0.25) is 0 Å². The molecule has 1 atom stereocenters. The lowest BCUT2D eigenvalue weighted by molar-refractivity contribution is 0.0682. The van der Waals surface area contributed by atoms with E-state index in [4.69, 9.17) is 22.1 Å². The van der Waals surface area contributed by atoms with E-state index < -0.39 is 0 Å². The van der Waals surface area contributed by atoms with Gasteiger partial charge in [-0.1, -0.05) is 33.6 Å². The molecule has 0 heterocycles. The molecule has 0 saturated carbocycles. The first-order valence-corrected chi connectivity index (χ1v) is 6.00. The van der Waals surface area contributed by atoms with Crippen molar-refractivity contribution in [3.63, 3.8) is 0 Å². The molecular weight excluding hydrogens is 277 g/mol. The van der Waals surface area contributed by atoms with E-state index in [0.717, 1.165) is 10.0 Å². The van der Waals surface area contributed by atoms with E-state index in [1.807, 2.05) is 32.0 Å². The molecule has 0 bridgehead atoms. The fourth-order valence-electron chi connectivity index (χ4n) is 1.19. The van der Waals surface area contributed by atoms with Crippen LogP contribution in [-0.2, 0) is 4.74 Å². The van der Waals surface area contributed by atoms with Crippen LogP contribution in [0.3, 0.4) is 0 Å². The van der Waals surface area contributed by atoms with Gasteiger partial charge >= 0.3 is 0 Å². The summed E-state index contributed by atoms with van der Waals surface area (Å²) in [4.78, 5) is 0. The fraction of sp³-hybridized carbons (Fsp3) is 0.455. The van der Waals surface area contributed by atoms with Gasteiger partial charge < -0.3 is 10.5 Å². The maximum atomic E-state index is 6.00. The molecule has 0 fully saturated rings. The first kappa shape index (κ1) is 13.0. The predicted octanol–water partition coefficient (Wildman–Crippen LogP) is 3.53. The zero-order valence-corrected chi connectivity index (χ0v) is 11.2. The van der Waals surface area contributed by atoms with Crippen LogP contribution in [0.4, 0.5) is 0 Å². The average molecular weight is 293 g/mol. The van der Waals surface area contributed by atoms with Crippen molar-refractivity contribution in [2.45, 2.75) is 26.0 Å². The van der Waals surface area contributed by atoms with Crippen molar-refractivity contribution >= 4 is 27.5 Å². The third kappa shape index (κ3) is 4.11. The lowest BCUT2D eigenvalue weighted by Gasteiger charge is -2.16. The highest BCUT2D eigenvalue weighted by Gasteiger charge is 2.10. The summed E-state index contributed by atoms with van der Waals surface area (Å²) in [6, 6.07) is 5.46. The van der Waals surface area contributed by atoms with Crippen LogP contribution < -0.4 is 5.73 Å². The van der Waals surface area contributed by atoms with Crippen molar-refractivity contribution in [1.82, 2.24) is 0 Å².